The molecule has 1 aromatic heterocycles. The Morgan fingerprint density at radius 3 is 2.39 bits per heavy atom. The highest BCUT2D eigenvalue weighted by atomic mass is 35.5. The zero-order valence-electron chi connectivity index (χ0n) is 25.3. The van der Waals surface area contributed by atoms with Crippen LogP contribution in [-0.4, -0.2) is 67.5 Å². The zero-order valence-corrected chi connectivity index (χ0v) is 26.8. The van der Waals surface area contributed by atoms with Crippen LogP contribution in [0, 0.1) is 5.92 Å². The van der Waals surface area contributed by atoms with Gasteiger partial charge in [0.25, 0.3) is 11.8 Å². The number of nitrogens with zero attached hydrogens (tertiary/aromatic N) is 2. The Morgan fingerprint density at radius 1 is 1.00 bits per heavy atom. The maximum absolute atomic E-state index is 13.8. The molecule has 2 aromatic carbocycles. The highest BCUT2D eigenvalue weighted by Gasteiger charge is 2.38. The van der Waals surface area contributed by atoms with E-state index in [-0.39, 0.29) is 29.4 Å². The van der Waals surface area contributed by atoms with Crippen LogP contribution in [0.1, 0.15) is 63.6 Å². The molecule has 2 amide bonds. The van der Waals surface area contributed by atoms with Gasteiger partial charge in [0.15, 0.2) is 23.9 Å². The molecule has 2 fully saturated rings. The molecule has 5 rings (SSSR count). The van der Waals surface area contributed by atoms with Crippen LogP contribution in [0.4, 0.5) is 8.78 Å². The molecule has 1 saturated heterocycles. The lowest BCUT2D eigenvalue weighted by Gasteiger charge is -2.27. The maximum Gasteiger partial charge on any atom is 0.387 e. The lowest BCUT2D eigenvalue weighted by molar-refractivity contribution is -0.377. The molecule has 0 unspecified atom stereocenters. The lowest BCUT2D eigenvalue weighted by atomic mass is 10.0. The summed E-state index contributed by atoms with van der Waals surface area (Å²) in [6.07, 6.45) is 5.05. The highest BCUT2D eigenvalue weighted by Crippen LogP contribution is 2.38. The van der Waals surface area contributed by atoms with Crippen molar-refractivity contribution in [3.63, 3.8) is 0 Å². The van der Waals surface area contributed by atoms with Gasteiger partial charge in [0.2, 0.25) is 0 Å². The SMILES string of the molecule is CN(C)C(=O)c1cccc(C(=O)N2CCC[C@H]2C(=O)O[C@@H](Cc2c(Cl)c[nH+]cc2Cl)c2ccc(OC(F)F)c(OCC3CC3)c2)c1. The molecule has 0 spiro atoms. The first-order valence-corrected chi connectivity index (χ1v) is 15.7. The molecule has 1 aliphatic carbocycles. The van der Waals surface area contributed by atoms with Crippen molar-refractivity contribution in [1.29, 1.82) is 0 Å². The maximum atomic E-state index is 13.8. The fourth-order valence-electron chi connectivity index (χ4n) is 5.29. The fourth-order valence-corrected chi connectivity index (χ4v) is 5.82. The summed E-state index contributed by atoms with van der Waals surface area (Å²) in [7, 11) is 3.24. The van der Waals surface area contributed by atoms with E-state index in [9.17, 15) is 23.2 Å². The van der Waals surface area contributed by atoms with Crippen molar-refractivity contribution in [3.05, 3.63) is 87.2 Å². The van der Waals surface area contributed by atoms with Gasteiger partial charge in [0, 0.05) is 43.8 Å². The van der Waals surface area contributed by atoms with Crippen LogP contribution in [0.2, 0.25) is 10.0 Å². The first-order chi connectivity index (χ1) is 22.0. The first kappa shape index (κ1) is 33.4. The van der Waals surface area contributed by atoms with Crippen LogP contribution in [0.15, 0.2) is 54.9 Å². The molecular formula is C33H34Cl2F2N3O6+. The van der Waals surface area contributed by atoms with Crippen LogP contribution in [0.3, 0.4) is 0 Å². The van der Waals surface area contributed by atoms with Crippen LogP contribution in [0.25, 0.3) is 0 Å². The van der Waals surface area contributed by atoms with Crippen molar-refractivity contribution in [1.82, 2.24) is 9.80 Å². The summed E-state index contributed by atoms with van der Waals surface area (Å²) in [5.41, 5.74) is 1.55. The second kappa shape index (κ2) is 14.6. The molecule has 13 heteroatoms. The van der Waals surface area contributed by atoms with Crippen molar-refractivity contribution in [3.8, 4) is 11.5 Å². The van der Waals surface area contributed by atoms with Gasteiger partial charge in [-0.25, -0.2) is 9.78 Å². The number of H-pyrrole nitrogens is 1. The number of aromatic amines is 1. The van der Waals surface area contributed by atoms with Crippen molar-refractivity contribution in [2.75, 3.05) is 27.2 Å². The van der Waals surface area contributed by atoms with Gasteiger partial charge in [-0.3, -0.25) is 9.59 Å². The third-order valence-electron chi connectivity index (χ3n) is 7.92. The Kier molecular flexibility index (Phi) is 10.6. The van der Waals surface area contributed by atoms with Gasteiger partial charge < -0.3 is 24.0 Å². The van der Waals surface area contributed by atoms with Crippen LogP contribution < -0.4 is 14.5 Å². The summed E-state index contributed by atoms with van der Waals surface area (Å²) in [6.45, 7) is -2.41. The Balaban J connectivity index is 1.43. The van der Waals surface area contributed by atoms with E-state index in [0.717, 1.165) is 12.8 Å². The summed E-state index contributed by atoms with van der Waals surface area (Å²) < 4.78 is 43.0. The first-order valence-electron chi connectivity index (χ1n) is 14.9. The van der Waals surface area contributed by atoms with Gasteiger partial charge in [-0.1, -0.05) is 35.3 Å². The number of aromatic nitrogens is 1. The van der Waals surface area contributed by atoms with Crippen molar-refractivity contribution < 1.29 is 42.4 Å². The summed E-state index contributed by atoms with van der Waals surface area (Å²) in [4.78, 5) is 45.6. The second-order valence-electron chi connectivity index (χ2n) is 11.5. The van der Waals surface area contributed by atoms with Gasteiger partial charge in [-0.15, -0.1) is 0 Å². The van der Waals surface area contributed by atoms with Gasteiger partial charge in [0.1, 0.15) is 22.2 Å². The summed E-state index contributed by atoms with van der Waals surface area (Å²) in [6, 6.07) is 9.83. The van der Waals surface area contributed by atoms with Crippen LogP contribution in [-0.2, 0) is 16.0 Å². The third-order valence-corrected chi connectivity index (χ3v) is 8.59. The Bertz CT molecular complexity index is 1580. The quantitative estimate of drug-likeness (QED) is 0.217. The number of carbonyl (C=O) groups excluding carboxylic acids is 3. The number of esters is 1. The van der Waals surface area contributed by atoms with Gasteiger partial charge in [-0.2, -0.15) is 8.78 Å². The molecule has 1 saturated carbocycles. The number of rotatable bonds is 12. The second-order valence-corrected chi connectivity index (χ2v) is 12.3. The van der Waals surface area contributed by atoms with E-state index in [2.05, 4.69) is 9.72 Å². The van der Waals surface area contributed by atoms with Gasteiger partial charge in [-0.05, 0) is 67.5 Å². The van der Waals surface area contributed by atoms with E-state index in [1.54, 1.807) is 32.3 Å². The molecule has 2 heterocycles. The largest absolute Gasteiger partial charge is 0.489 e. The molecule has 2 aliphatic rings. The Hall–Kier alpha value is -3.96. The molecule has 0 radical (unpaired) electrons. The molecule has 2 atom stereocenters. The van der Waals surface area contributed by atoms with E-state index in [4.69, 9.17) is 32.7 Å². The van der Waals surface area contributed by atoms with E-state index < -0.39 is 30.6 Å². The number of hydrogen-bond donors (Lipinski definition) is 0. The molecule has 3 aromatic rings. The number of likely N-dealkylation sites (tertiary alicyclic amines) is 1. The lowest BCUT2D eigenvalue weighted by Crippen LogP contribution is -2.42. The number of ether oxygens (including phenoxy) is 3. The standard InChI is InChI=1S/C33H33Cl2F2N3O6/c1-39(2)30(41)21-5-3-6-22(13-21)31(42)40-12-4-7-26(40)32(43)45-28(15-23-24(34)16-38-17-25(23)35)20-10-11-27(46-33(36)37)29(14-20)44-18-19-8-9-19/h3,5-6,10-11,13-14,16-17,19,26,28,33H,4,7-9,12,15,18H2,1-2H3/p+1/t26-,28-/m0/s1. The minimum Gasteiger partial charge on any atom is -0.489 e. The number of amides is 2. The average Bonchev–Trinajstić information content (AvgIpc) is 3.73. The molecule has 9 nitrogen and oxygen atoms in total. The number of carbonyl (C=O) groups is 3. The minimum atomic E-state index is -3.06. The number of pyridine rings is 1. The number of alkyl halides is 2. The Morgan fingerprint density at radius 2 is 1.72 bits per heavy atom. The van der Waals surface area contributed by atoms with E-state index in [0.29, 0.717) is 58.6 Å². The Labute approximate surface area is 275 Å². The highest BCUT2D eigenvalue weighted by molar-refractivity contribution is 6.35. The number of halogens is 4. The monoisotopic (exact) mass is 676 g/mol. The smallest absolute Gasteiger partial charge is 0.387 e. The predicted molar refractivity (Wildman–Crippen MR) is 165 cm³/mol. The average molecular weight is 678 g/mol. The number of benzene rings is 2. The van der Waals surface area contributed by atoms with E-state index in [1.165, 1.54) is 46.5 Å². The number of hydrogen-bond acceptors (Lipinski definition) is 6. The van der Waals surface area contributed by atoms with E-state index >= 15 is 0 Å². The third kappa shape index (κ3) is 8.06. The molecule has 46 heavy (non-hydrogen) atoms. The van der Waals surface area contributed by atoms with Gasteiger partial charge in [0.05, 0.1) is 6.61 Å². The minimum absolute atomic E-state index is 0.0462. The summed E-state index contributed by atoms with van der Waals surface area (Å²) in [5, 5.41) is 0.613. The zero-order chi connectivity index (χ0) is 33.0. The van der Waals surface area contributed by atoms with Crippen molar-refractivity contribution >= 4 is 41.0 Å². The fraction of sp³-hybridized carbons (Fsp3) is 0.394. The summed E-state index contributed by atoms with van der Waals surface area (Å²) >= 11 is 12.9. The van der Waals surface area contributed by atoms with Crippen molar-refractivity contribution in [2.24, 2.45) is 5.92 Å². The van der Waals surface area contributed by atoms with Crippen molar-refractivity contribution in [2.45, 2.75) is 50.9 Å². The normalized spacial score (nSPS) is 16.7. The van der Waals surface area contributed by atoms with Gasteiger partial charge >= 0.3 is 12.6 Å². The summed E-state index contributed by atoms with van der Waals surface area (Å²) in [5.74, 6) is -1.03. The molecular weight excluding hydrogens is 643 g/mol. The molecule has 0 bridgehead atoms. The molecule has 244 valence electrons. The van der Waals surface area contributed by atoms with E-state index in [1.807, 2.05) is 0 Å². The predicted octanol–water partition coefficient (Wildman–Crippen LogP) is 6.03. The molecule has 1 N–H and O–H groups in total. The number of nitrogens with one attached hydrogen (secondary N) is 1. The topological polar surface area (TPSA) is 99.5 Å². The van der Waals surface area contributed by atoms with Crippen LogP contribution >= 0.6 is 23.2 Å². The van der Waals surface area contributed by atoms with Crippen LogP contribution in [0.5, 0.6) is 11.5 Å². The molecule has 1 aliphatic heterocycles.